The molecule has 0 spiro atoms. The first-order valence-corrected chi connectivity index (χ1v) is 12.1. The summed E-state index contributed by atoms with van der Waals surface area (Å²) in [7, 11) is 2.27. The molecule has 0 bridgehead atoms. The van der Waals surface area contributed by atoms with Crippen molar-refractivity contribution >= 4 is 33.6 Å². The second-order valence-corrected chi connectivity index (χ2v) is 9.65. The highest BCUT2D eigenvalue weighted by atomic mass is 35.5. The molecular weight excluding hydrogens is 480 g/mol. The van der Waals surface area contributed by atoms with Crippen LogP contribution < -0.4 is 18.9 Å². The van der Waals surface area contributed by atoms with Crippen molar-refractivity contribution in [3.63, 3.8) is 0 Å². The number of methoxy groups -OCH3 is 4. The molecule has 9 heteroatoms. The first kappa shape index (κ1) is 25.3. The van der Waals surface area contributed by atoms with E-state index in [4.69, 9.17) is 30.5 Å². The molecule has 0 aliphatic rings. The third kappa shape index (κ3) is 5.58. The van der Waals surface area contributed by atoms with E-state index in [0.717, 1.165) is 5.56 Å². The number of hydrogen-bond acceptors (Lipinski definition) is 7. The summed E-state index contributed by atoms with van der Waals surface area (Å²) < 4.78 is 47.4. The maximum Gasteiger partial charge on any atom is 0.203 e. The van der Waals surface area contributed by atoms with Gasteiger partial charge in [0.1, 0.15) is 0 Å². The first-order chi connectivity index (χ1) is 16.2. The fourth-order valence-corrected chi connectivity index (χ4v) is 4.89. The van der Waals surface area contributed by atoms with Crippen molar-refractivity contribution in [1.29, 1.82) is 0 Å². The highest BCUT2D eigenvalue weighted by Gasteiger charge is 2.19. The minimum absolute atomic E-state index is 0.111. The Balaban J connectivity index is 2.04. The first-order valence-electron chi connectivity index (χ1n) is 10.1. The summed E-state index contributed by atoms with van der Waals surface area (Å²) in [6, 6.07) is 12.4. The Kier molecular flexibility index (Phi) is 7.96. The molecule has 0 saturated carbocycles. The molecule has 7 nitrogen and oxygen atoms in total. The van der Waals surface area contributed by atoms with E-state index in [0.29, 0.717) is 33.4 Å². The summed E-state index contributed by atoms with van der Waals surface area (Å²) >= 11 is 5.89. The van der Waals surface area contributed by atoms with Gasteiger partial charge in [0, 0.05) is 5.02 Å². The number of phenolic OH excluding ortho intramolecular Hbond substituents is 1. The van der Waals surface area contributed by atoms with Crippen LogP contribution in [0.4, 0.5) is 0 Å². The third-order valence-corrected chi connectivity index (χ3v) is 7.03. The van der Waals surface area contributed by atoms with Crippen LogP contribution in [-0.2, 0) is 15.6 Å². The molecule has 1 N–H and O–H groups in total. The van der Waals surface area contributed by atoms with E-state index >= 15 is 0 Å². The summed E-state index contributed by atoms with van der Waals surface area (Å²) in [4.78, 5) is 0.142. The molecule has 0 aliphatic heterocycles. The Morgan fingerprint density at radius 2 is 1.41 bits per heavy atom. The fraction of sp³-hybridized carbons (Fsp3) is 0.200. The maximum absolute atomic E-state index is 13.0. The molecule has 0 amide bonds. The number of sulfone groups is 1. The number of phenols is 1. The average molecular weight is 505 g/mol. The molecule has 0 atom stereocenters. The largest absolute Gasteiger partial charge is 0.504 e. The summed E-state index contributed by atoms with van der Waals surface area (Å²) in [5.41, 5.74) is 1.68. The van der Waals surface area contributed by atoms with E-state index < -0.39 is 9.84 Å². The summed E-state index contributed by atoms with van der Waals surface area (Å²) in [5.74, 6) is 1.17. The SMILES string of the molecule is COc1cc(CS(=O)(=O)c2ccc(Cl)cc2)c(/C=C\c2cc(OC)c(OC)c(OC)c2)cc1O. The van der Waals surface area contributed by atoms with Gasteiger partial charge in [-0.05, 0) is 65.2 Å². The van der Waals surface area contributed by atoms with E-state index in [9.17, 15) is 13.5 Å². The Morgan fingerprint density at radius 1 is 0.824 bits per heavy atom. The molecular formula is C25H25ClO7S. The lowest BCUT2D eigenvalue weighted by Crippen LogP contribution is -2.06. The number of benzene rings is 3. The van der Waals surface area contributed by atoms with Crippen LogP contribution in [0.15, 0.2) is 53.4 Å². The molecule has 180 valence electrons. The van der Waals surface area contributed by atoms with Crippen molar-refractivity contribution in [2.24, 2.45) is 0 Å². The lowest BCUT2D eigenvalue weighted by molar-refractivity contribution is 0.324. The van der Waals surface area contributed by atoms with Gasteiger partial charge in [0.25, 0.3) is 0 Å². The molecule has 0 unspecified atom stereocenters. The van der Waals surface area contributed by atoms with Gasteiger partial charge in [-0.15, -0.1) is 0 Å². The smallest absolute Gasteiger partial charge is 0.203 e. The minimum Gasteiger partial charge on any atom is -0.504 e. The lowest BCUT2D eigenvalue weighted by Gasteiger charge is -2.13. The Bertz CT molecular complexity index is 1270. The van der Waals surface area contributed by atoms with Gasteiger partial charge in [0.05, 0.1) is 39.1 Å². The van der Waals surface area contributed by atoms with Crippen LogP contribution >= 0.6 is 11.6 Å². The maximum atomic E-state index is 13.0. The van der Waals surface area contributed by atoms with Crippen molar-refractivity contribution < 1.29 is 32.5 Å². The number of aromatic hydroxyl groups is 1. The van der Waals surface area contributed by atoms with Crippen LogP contribution in [0, 0.1) is 0 Å². The number of ether oxygens (including phenoxy) is 4. The van der Waals surface area contributed by atoms with Crippen molar-refractivity contribution in [2.75, 3.05) is 28.4 Å². The monoisotopic (exact) mass is 504 g/mol. The third-order valence-electron chi connectivity index (χ3n) is 5.10. The van der Waals surface area contributed by atoms with E-state index in [1.165, 1.54) is 64.8 Å². The Morgan fingerprint density at radius 3 is 1.94 bits per heavy atom. The van der Waals surface area contributed by atoms with Crippen LogP contribution in [0.1, 0.15) is 16.7 Å². The molecule has 3 aromatic carbocycles. The average Bonchev–Trinajstić information content (AvgIpc) is 2.83. The normalized spacial score (nSPS) is 11.4. The van der Waals surface area contributed by atoms with E-state index in [1.807, 2.05) is 0 Å². The highest BCUT2D eigenvalue weighted by molar-refractivity contribution is 7.90. The molecule has 0 saturated heterocycles. The van der Waals surface area contributed by atoms with Gasteiger partial charge in [0.2, 0.25) is 5.75 Å². The molecule has 34 heavy (non-hydrogen) atoms. The van der Waals surface area contributed by atoms with Crippen LogP contribution in [0.3, 0.4) is 0 Å². The topological polar surface area (TPSA) is 91.3 Å². The predicted octanol–water partition coefficient (Wildman–Crippen LogP) is 5.22. The van der Waals surface area contributed by atoms with Crippen molar-refractivity contribution in [2.45, 2.75) is 10.6 Å². The molecule has 0 fully saturated rings. The van der Waals surface area contributed by atoms with Crippen molar-refractivity contribution in [3.8, 4) is 28.7 Å². The zero-order valence-corrected chi connectivity index (χ0v) is 20.7. The number of halogens is 1. The highest BCUT2D eigenvalue weighted by Crippen LogP contribution is 2.39. The van der Waals surface area contributed by atoms with Gasteiger partial charge in [-0.2, -0.15) is 0 Å². The quantitative estimate of drug-likeness (QED) is 0.399. The van der Waals surface area contributed by atoms with Gasteiger partial charge < -0.3 is 24.1 Å². The number of rotatable bonds is 9. The van der Waals surface area contributed by atoms with E-state index in [-0.39, 0.29) is 22.1 Å². The summed E-state index contributed by atoms with van der Waals surface area (Å²) in [6.07, 6.45) is 3.46. The second kappa shape index (κ2) is 10.7. The zero-order valence-electron chi connectivity index (χ0n) is 19.2. The fourth-order valence-electron chi connectivity index (χ4n) is 3.38. The van der Waals surface area contributed by atoms with Gasteiger partial charge in [-0.3, -0.25) is 0 Å². The number of hydrogen-bond donors (Lipinski definition) is 1. The van der Waals surface area contributed by atoms with Gasteiger partial charge in [-0.1, -0.05) is 23.8 Å². The van der Waals surface area contributed by atoms with Gasteiger partial charge in [-0.25, -0.2) is 8.42 Å². The van der Waals surface area contributed by atoms with Crippen molar-refractivity contribution in [1.82, 2.24) is 0 Å². The minimum atomic E-state index is -3.69. The molecule has 0 heterocycles. The standard InChI is InChI=1S/C25H25ClO7S/c1-30-22-14-18(15-34(28,29)20-9-7-19(26)8-10-20)17(13-21(22)27)6-5-16-11-23(31-2)25(33-4)24(12-16)32-3/h5-14,27H,15H2,1-4H3/b6-5-. The van der Waals surface area contributed by atoms with Crippen LogP contribution in [0.5, 0.6) is 28.7 Å². The molecule has 0 aromatic heterocycles. The van der Waals surface area contributed by atoms with Crippen molar-refractivity contribution in [3.05, 3.63) is 70.2 Å². The zero-order chi connectivity index (χ0) is 24.9. The van der Waals surface area contributed by atoms with E-state index in [2.05, 4.69) is 0 Å². The van der Waals surface area contributed by atoms with Crippen LogP contribution in [0.2, 0.25) is 5.02 Å². The molecule has 0 aliphatic carbocycles. The molecule has 0 radical (unpaired) electrons. The second-order valence-electron chi connectivity index (χ2n) is 7.23. The van der Waals surface area contributed by atoms with E-state index in [1.54, 1.807) is 24.3 Å². The van der Waals surface area contributed by atoms with Gasteiger partial charge in [0.15, 0.2) is 32.8 Å². The van der Waals surface area contributed by atoms with Gasteiger partial charge >= 0.3 is 0 Å². The molecule has 3 rings (SSSR count). The predicted molar refractivity (Wildman–Crippen MR) is 132 cm³/mol. The summed E-state index contributed by atoms with van der Waals surface area (Å²) in [5, 5.41) is 10.8. The van der Waals surface area contributed by atoms with Crippen LogP contribution in [0.25, 0.3) is 12.2 Å². The van der Waals surface area contributed by atoms with Crippen LogP contribution in [-0.4, -0.2) is 42.0 Å². The molecule has 3 aromatic rings. The Labute approximate surface area is 204 Å². The Hall–Kier alpha value is -3.36. The lowest BCUT2D eigenvalue weighted by atomic mass is 10.1. The summed E-state index contributed by atoms with van der Waals surface area (Å²) in [6.45, 7) is 0.